The maximum Gasteiger partial charge on any atom is 0.150 e. The lowest BCUT2D eigenvalue weighted by molar-refractivity contribution is 0.370. The maximum atomic E-state index is 13.1. The second-order valence-electron chi connectivity index (χ2n) is 5.11. The van der Waals surface area contributed by atoms with Gasteiger partial charge in [-0.25, -0.2) is 12.8 Å². The summed E-state index contributed by atoms with van der Waals surface area (Å²) in [4.78, 5) is 0. The lowest BCUT2D eigenvalue weighted by Gasteiger charge is -2.21. The van der Waals surface area contributed by atoms with E-state index in [9.17, 15) is 12.8 Å². The Balaban J connectivity index is 2.09. The third-order valence-corrected chi connectivity index (χ3v) is 5.80. The Labute approximate surface area is 117 Å². The molecule has 0 radical (unpaired) electrons. The molecule has 0 aliphatic carbocycles. The molecular formula is C13H17ClFNO2S. The minimum atomic E-state index is -2.90. The van der Waals surface area contributed by atoms with E-state index in [0.717, 1.165) is 5.56 Å². The van der Waals surface area contributed by atoms with Crippen molar-refractivity contribution in [3.8, 4) is 0 Å². The first-order valence-electron chi connectivity index (χ1n) is 6.25. The summed E-state index contributed by atoms with van der Waals surface area (Å²) in [5, 5.41) is 0.0901. The molecule has 0 aromatic heterocycles. The van der Waals surface area contributed by atoms with Crippen LogP contribution in [0.5, 0.6) is 0 Å². The van der Waals surface area contributed by atoms with Crippen molar-refractivity contribution in [2.75, 3.05) is 18.1 Å². The quantitative estimate of drug-likeness (QED) is 0.926. The lowest BCUT2D eigenvalue weighted by atomic mass is 9.86. The van der Waals surface area contributed by atoms with E-state index in [2.05, 4.69) is 0 Å². The molecule has 1 fully saturated rings. The van der Waals surface area contributed by atoms with Gasteiger partial charge in [-0.05, 0) is 48.9 Å². The van der Waals surface area contributed by atoms with Crippen LogP contribution >= 0.6 is 11.6 Å². The molecule has 19 heavy (non-hydrogen) atoms. The average Bonchev–Trinajstić information content (AvgIpc) is 2.71. The molecule has 1 aromatic carbocycles. The van der Waals surface area contributed by atoms with Crippen LogP contribution in [-0.4, -0.2) is 26.5 Å². The van der Waals surface area contributed by atoms with Crippen LogP contribution in [0.3, 0.4) is 0 Å². The monoisotopic (exact) mass is 305 g/mol. The molecule has 1 aromatic rings. The zero-order chi connectivity index (χ0) is 14.0. The molecule has 1 heterocycles. The van der Waals surface area contributed by atoms with E-state index in [1.54, 1.807) is 12.1 Å². The molecule has 1 aliphatic heterocycles. The summed E-state index contributed by atoms with van der Waals surface area (Å²) < 4.78 is 36.1. The first-order chi connectivity index (χ1) is 8.91. The number of rotatable bonds is 4. The molecule has 106 valence electrons. The second kappa shape index (κ2) is 5.77. The van der Waals surface area contributed by atoms with Gasteiger partial charge in [0.05, 0.1) is 16.5 Å². The van der Waals surface area contributed by atoms with Crippen molar-refractivity contribution in [1.82, 2.24) is 0 Å². The average molecular weight is 306 g/mol. The van der Waals surface area contributed by atoms with Gasteiger partial charge in [0, 0.05) is 0 Å². The highest BCUT2D eigenvalue weighted by atomic mass is 35.5. The Kier molecular flexibility index (Phi) is 4.48. The fraction of sp³-hybridized carbons (Fsp3) is 0.538. The Morgan fingerprint density at radius 2 is 2.21 bits per heavy atom. The molecule has 2 unspecified atom stereocenters. The third kappa shape index (κ3) is 3.68. The Hall–Kier alpha value is -0.650. The van der Waals surface area contributed by atoms with E-state index in [0.29, 0.717) is 19.4 Å². The van der Waals surface area contributed by atoms with E-state index in [1.165, 1.54) is 6.07 Å². The van der Waals surface area contributed by atoms with E-state index in [1.807, 2.05) is 0 Å². The molecule has 6 heteroatoms. The molecule has 0 spiro atoms. The summed E-state index contributed by atoms with van der Waals surface area (Å²) in [5.74, 6) is 0.207. The van der Waals surface area contributed by atoms with Crippen LogP contribution in [0.4, 0.5) is 4.39 Å². The fourth-order valence-electron chi connectivity index (χ4n) is 2.61. The van der Waals surface area contributed by atoms with Gasteiger partial charge >= 0.3 is 0 Å². The number of sulfone groups is 1. The van der Waals surface area contributed by atoms with Gasteiger partial charge in [0.15, 0.2) is 9.84 Å². The van der Waals surface area contributed by atoms with Crippen LogP contribution in [0.25, 0.3) is 0 Å². The molecule has 3 nitrogen and oxygen atoms in total. The smallest absolute Gasteiger partial charge is 0.150 e. The highest BCUT2D eigenvalue weighted by molar-refractivity contribution is 7.91. The van der Waals surface area contributed by atoms with Crippen molar-refractivity contribution >= 4 is 21.4 Å². The topological polar surface area (TPSA) is 60.2 Å². The lowest BCUT2D eigenvalue weighted by Crippen LogP contribution is -2.26. The Bertz CT molecular complexity index is 562. The standard InChI is InChI=1S/C13H17ClFNO2S/c14-12-6-9(1-2-13(12)15)5-11(7-16)10-3-4-19(17,18)8-10/h1-2,6,10-11H,3-5,7-8,16H2. The Morgan fingerprint density at radius 3 is 2.74 bits per heavy atom. The van der Waals surface area contributed by atoms with Crippen LogP contribution < -0.4 is 5.73 Å². The SMILES string of the molecule is NCC(Cc1ccc(F)c(Cl)c1)C1CCS(=O)(=O)C1. The summed E-state index contributed by atoms with van der Waals surface area (Å²) in [5.41, 5.74) is 6.65. The summed E-state index contributed by atoms with van der Waals surface area (Å²) in [7, 11) is -2.90. The summed E-state index contributed by atoms with van der Waals surface area (Å²) in [6, 6.07) is 4.59. The molecule has 1 aliphatic rings. The zero-order valence-electron chi connectivity index (χ0n) is 10.5. The maximum absolute atomic E-state index is 13.1. The summed E-state index contributed by atoms with van der Waals surface area (Å²) in [6.07, 6.45) is 1.30. The van der Waals surface area contributed by atoms with Gasteiger partial charge < -0.3 is 5.73 Å². The van der Waals surface area contributed by atoms with Gasteiger partial charge in [0.1, 0.15) is 5.82 Å². The number of hydrogen-bond acceptors (Lipinski definition) is 3. The number of nitrogens with two attached hydrogens (primary N) is 1. The molecule has 2 rings (SSSR count). The van der Waals surface area contributed by atoms with E-state index in [4.69, 9.17) is 17.3 Å². The van der Waals surface area contributed by atoms with Gasteiger partial charge in [-0.1, -0.05) is 17.7 Å². The van der Waals surface area contributed by atoms with Crippen LogP contribution in [0, 0.1) is 17.7 Å². The van der Waals surface area contributed by atoms with E-state index >= 15 is 0 Å². The van der Waals surface area contributed by atoms with Crippen molar-refractivity contribution in [3.63, 3.8) is 0 Å². The predicted octanol–water partition coefficient (Wildman–Crippen LogP) is 2.03. The summed E-state index contributed by atoms with van der Waals surface area (Å²) >= 11 is 5.74. The molecular weight excluding hydrogens is 289 g/mol. The minimum Gasteiger partial charge on any atom is -0.330 e. The molecule has 1 saturated heterocycles. The van der Waals surface area contributed by atoms with Crippen LogP contribution in [0.15, 0.2) is 18.2 Å². The highest BCUT2D eigenvalue weighted by Gasteiger charge is 2.33. The van der Waals surface area contributed by atoms with Gasteiger partial charge in [0.2, 0.25) is 0 Å². The second-order valence-corrected chi connectivity index (χ2v) is 7.75. The van der Waals surface area contributed by atoms with E-state index in [-0.39, 0.29) is 28.4 Å². The van der Waals surface area contributed by atoms with Crippen LogP contribution in [-0.2, 0) is 16.3 Å². The molecule has 0 amide bonds. The van der Waals surface area contributed by atoms with Gasteiger partial charge in [-0.2, -0.15) is 0 Å². The molecule has 0 saturated carbocycles. The highest BCUT2D eigenvalue weighted by Crippen LogP contribution is 2.29. The largest absolute Gasteiger partial charge is 0.330 e. The van der Waals surface area contributed by atoms with Gasteiger partial charge in [-0.15, -0.1) is 0 Å². The number of halogens is 2. The fourth-order valence-corrected chi connectivity index (χ4v) is 4.73. The predicted molar refractivity (Wildman–Crippen MR) is 74.4 cm³/mol. The number of benzene rings is 1. The Morgan fingerprint density at radius 1 is 1.47 bits per heavy atom. The van der Waals surface area contributed by atoms with E-state index < -0.39 is 15.7 Å². The van der Waals surface area contributed by atoms with Crippen LogP contribution in [0.2, 0.25) is 5.02 Å². The number of hydrogen-bond donors (Lipinski definition) is 1. The minimum absolute atomic E-state index is 0.0901. The zero-order valence-corrected chi connectivity index (χ0v) is 12.1. The van der Waals surface area contributed by atoms with Crippen molar-refractivity contribution in [2.24, 2.45) is 17.6 Å². The van der Waals surface area contributed by atoms with Gasteiger partial charge in [0.25, 0.3) is 0 Å². The van der Waals surface area contributed by atoms with Crippen molar-refractivity contribution in [3.05, 3.63) is 34.6 Å². The van der Waals surface area contributed by atoms with Crippen molar-refractivity contribution in [1.29, 1.82) is 0 Å². The molecule has 2 N–H and O–H groups in total. The van der Waals surface area contributed by atoms with Crippen molar-refractivity contribution < 1.29 is 12.8 Å². The first-order valence-corrected chi connectivity index (χ1v) is 8.45. The van der Waals surface area contributed by atoms with Crippen LogP contribution in [0.1, 0.15) is 12.0 Å². The first kappa shape index (κ1) is 14.8. The normalized spacial score (nSPS) is 23.4. The molecule has 0 bridgehead atoms. The van der Waals surface area contributed by atoms with Gasteiger partial charge in [-0.3, -0.25) is 0 Å². The molecule has 2 atom stereocenters. The van der Waals surface area contributed by atoms with Crippen molar-refractivity contribution in [2.45, 2.75) is 12.8 Å². The summed E-state index contributed by atoms with van der Waals surface area (Å²) in [6.45, 7) is 0.426. The third-order valence-electron chi connectivity index (χ3n) is 3.72.